The number of carboxylic acid groups (broad SMARTS) is 1. The summed E-state index contributed by atoms with van der Waals surface area (Å²) < 4.78 is 0. The van der Waals surface area contributed by atoms with Gasteiger partial charge in [0.15, 0.2) is 0 Å². The van der Waals surface area contributed by atoms with Crippen molar-refractivity contribution in [2.24, 2.45) is 5.92 Å². The van der Waals surface area contributed by atoms with Crippen molar-refractivity contribution < 1.29 is 9.90 Å². The molecule has 0 amide bonds. The summed E-state index contributed by atoms with van der Waals surface area (Å²) in [6, 6.07) is 8.87. The molecule has 0 radical (unpaired) electrons. The average Bonchev–Trinajstić information content (AvgIpc) is 2.33. The lowest BCUT2D eigenvalue weighted by Gasteiger charge is -2.32. The molecule has 1 rings (SSSR count). The van der Waals surface area contributed by atoms with E-state index in [-0.39, 0.29) is 11.6 Å². The van der Waals surface area contributed by atoms with Crippen LogP contribution in [-0.2, 0) is 11.2 Å². The first-order valence-corrected chi connectivity index (χ1v) is 6.70. The molecule has 1 aromatic rings. The van der Waals surface area contributed by atoms with Gasteiger partial charge in [0.2, 0.25) is 0 Å². The Bertz CT molecular complexity index is 512. The molecule has 0 saturated carbocycles. The van der Waals surface area contributed by atoms with E-state index in [0.29, 0.717) is 12.0 Å². The minimum Gasteiger partial charge on any atom is -0.550 e. The Morgan fingerprint density at radius 1 is 1.45 bits per heavy atom. The molecule has 4 heteroatoms. The standard InChI is InChI=1S/C16H22N2O2/c1-11(18-16(2,3)4)14(15(19)20)9-12-6-5-7-13(8-12)10-17/h5-8,11,14,18H,9H2,1-4H3,(H,19,20)/p-1. The topological polar surface area (TPSA) is 76.0 Å². The number of carbonyl (C=O) groups excluding carboxylic acids is 1. The molecule has 2 atom stereocenters. The van der Waals surface area contributed by atoms with E-state index >= 15 is 0 Å². The van der Waals surface area contributed by atoms with Gasteiger partial charge in [-0.1, -0.05) is 12.1 Å². The van der Waals surface area contributed by atoms with E-state index in [9.17, 15) is 9.90 Å². The summed E-state index contributed by atoms with van der Waals surface area (Å²) in [5.74, 6) is -1.71. The highest BCUT2D eigenvalue weighted by atomic mass is 16.4. The van der Waals surface area contributed by atoms with Gasteiger partial charge >= 0.3 is 0 Å². The largest absolute Gasteiger partial charge is 0.550 e. The van der Waals surface area contributed by atoms with Crippen LogP contribution in [0.15, 0.2) is 24.3 Å². The Hall–Kier alpha value is -1.86. The molecule has 0 aromatic heterocycles. The lowest BCUT2D eigenvalue weighted by atomic mass is 9.91. The highest BCUT2D eigenvalue weighted by Crippen LogP contribution is 2.16. The van der Waals surface area contributed by atoms with Crippen molar-refractivity contribution in [2.75, 3.05) is 0 Å². The van der Waals surface area contributed by atoms with Crippen LogP contribution in [-0.4, -0.2) is 17.6 Å². The molecule has 0 aliphatic rings. The summed E-state index contributed by atoms with van der Waals surface area (Å²) in [5, 5.41) is 23.5. The first-order valence-electron chi connectivity index (χ1n) is 6.70. The van der Waals surface area contributed by atoms with Crippen molar-refractivity contribution in [3.8, 4) is 6.07 Å². The predicted molar refractivity (Wildman–Crippen MR) is 75.7 cm³/mol. The van der Waals surface area contributed by atoms with E-state index in [4.69, 9.17) is 5.26 Å². The summed E-state index contributed by atoms with van der Waals surface area (Å²) in [5.41, 5.74) is 1.21. The number of aliphatic carboxylic acids is 1. The van der Waals surface area contributed by atoms with Crippen LogP contribution in [0, 0.1) is 17.2 Å². The first-order chi connectivity index (χ1) is 9.23. The maximum atomic E-state index is 11.4. The van der Waals surface area contributed by atoms with Crippen molar-refractivity contribution in [3.63, 3.8) is 0 Å². The fourth-order valence-electron chi connectivity index (χ4n) is 2.27. The molecule has 1 N–H and O–H groups in total. The van der Waals surface area contributed by atoms with Gasteiger partial charge in [0.1, 0.15) is 0 Å². The number of carboxylic acids is 1. The number of benzene rings is 1. The minimum atomic E-state index is -1.07. The van der Waals surface area contributed by atoms with E-state index in [1.165, 1.54) is 0 Å². The summed E-state index contributed by atoms with van der Waals surface area (Å²) in [4.78, 5) is 11.4. The van der Waals surface area contributed by atoms with Crippen LogP contribution in [0.3, 0.4) is 0 Å². The minimum absolute atomic E-state index is 0.165. The van der Waals surface area contributed by atoms with Gasteiger partial charge in [-0.3, -0.25) is 0 Å². The van der Waals surface area contributed by atoms with Crippen LogP contribution in [0.4, 0.5) is 0 Å². The number of hydrogen-bond donors (Lipinski definition) is 1. The fraction of sp³-hybridized carbons (Fsp3) is 0.500. The van der Waals surface area contributed by atoms with Crippen LogP contribution >= 0.6 is 0 Å². The van der Waals surface area contributed by atoms with Crippen LogP contribution in [0.25, 0.3) is 0 Å². The number of rotatable bonds is 5. The lowest BCUT2D eigenvalue weighted by molar-refractivity contribution is -0.312. The van der Waals surface area contributed by atoms with Crippen molar-refractivity contribution >= 4 is 5.97 Å². The third-order valence-corrected chi connectivity index (χ3v) is 3.08. The van der Waals surface area contributed by atoms with Crippen molar-refractivity contribution in [1.82, 2.24) is 5.32 Å². The molecule has 20 heavy (non-hydrogen) atoms. The highest BCUT2D eigenvalue weighted by Gasteiger charge is 2.23. The molecule has 0 fully saturated rings. The van der Waals surface area contributed by atoms with Crippen LogP contribution in [0.1, 0.15) is 38.8 Å². The van der Waals surface area contributed by atoms with E-state index in [2.05, 4.69) is 11.4 Å². The number of nitrogens with zero attached hydrogens (tertiary/aromatic N) is 1. The Labute approximate surface area is 120 Å². The van der Waals surface area contributed by atoms with Gasteiger partial charge in [-0.15, -0.1) is 0 Å². The van der Waals surface area contributed by atoms with Crippen molar-refractivity contribution in [1.29, 1.82) is 5.26 Å². The zero-order chi connectivity index (χ0) is 15.3. The maximum Gasteiger partial charge on any atom is 0.0991 e. The predicted octanol–water partition coefficient (Wildman–Crippen LogP) is 1.24. The zero-order valence-electron chi connectivity index (χ0n) is 12.4. The Kier molecular flexibility index (Phi) is 5.29. The molecule has 2 unspecified atom stereocenters. The van der Waals surface area contributed by atoms with Gasteiger partial charge in [0.25, 0.3) is 0 Å². The fourth-order valence-corrected chi connectivity index (χ4v) is 2.27. The summed E-state index contributed by atoms with van der Waals surface area (Å²) >= 11 is 0. The van der Waals surface area contributed by atoms with E-state index in [0.717, 1.165) is 5.56 Å². The Balaban J connectivity index is 2.87. The number of carbonyl (C=O) groups is 1. The quantitative estimate of drug-likeness (QED) is 0.876. The highest BCUT2D eigenvalue weighted by molar-refractivity contribution is 5.69. The zero-order valence-corrected chi connectivity index (χ0v) is 12.4. The number of nitriles is 1. The molecular formula is C16H21N2O2-. The number of hydrogen-bond acceptors (Lipinski definition) is 4. The van der Waals surface area contributed by atoms with Gasteiger partial charge in [-0.2, -0.15) is 5.26 Å². The SMILES string of the molecule is CC(NC(C)(C)C)C(Cc1cccc(C#N)c1)C(=O)[O-]. The normalized spacial score (nSPS) is 14.3. The molecule has 0 aliphatic carbocycles. The molecule has 0 heterocycles. The molecule has 0 aliphatic heterocycles. The summed E-state index contributed by atoms with van der Waals surface area (Å²) in [6.07, 6.45) is 0.349. The van der Waals surface area contributed by atoms with Crippen molar-refractivity contribution in [2.45, 2.75) is 45.7 Å². The lowest BCUT2D eigenvalue weighted by Crippen LogP contribution is -2.51. The molecule has 108 valence electrons. The molecule has 4 nitrogen and oxygen atoms in total. The molecule has 0 bridgehead atoms. The second kappa shape index (κ2) is 6.53. The average molecular weight is 273 g/mol. The molecule has 0 saturated heterocycles. The summed E-state index contributed by atoms with van der Waals surface area (Å²) in [6.45, 7) is 7.82. The molecular weight excluding hydrogens is 252 g/mol. The van der Waals surface area contributed by atoms with E-state index in [1.807, 2.05) is 33.8 Å². The molecule has 1 aromatic carbocycles. The third kappa shape index (κ3) is 5.02. The van der Waals surface area contributed by atoms with Gasteiger partial charge in [0, 0.05) is 23.5 Å². The smallest absolute Gasteiger partial charge is 0.0991 e. The van der Waals surface area contributed by atoms with Crippen molar-refractivity contribution in [3.05, 3.63) is 35.4 Å². The monoisotopic (exact) mass is 273 g/mol. The summed E-state index contributed by atoms with van der Waals surface area (Å²) in [7, 11) is 0. The molecule has 0 spiro atoms. The van der Waals surface area contributed by atoms with Gasteiger partial charge in [-0.05, 0) is 51.8 Å². The third-order valence-electron chi connectivity index (χ3n) is 3.08. The van der Waals surface area contributed by atoms with Gasteiger partial charge in [0.05, 0.1) is 11.6 Å². The van der Waals surface area contributed by atoms with Crippen LogP contribution in [0.2, 0.25) is 0 Å². The first kappa shape index (κ1) is 16.2. The maximum absolute atomic E-state index is 11.4. The van der Waals surface area contributed by atoms with E-state index < -0.39 is 11.9 Å². The number of nitrogens with one attached hydrogen (secondary N) is 1. The second-order valence-electron chi connectivity index (χ2n) is 6.12. The van der Waals surface area contributed by atoms with Gasteiger partial charge < -0.3 is 15.2 Å². The van der Waals surface area contributed by atoms with Crippen LogP contribution < -0.4 is 10.4 Å². The Morgan fingerprint density at radius 3 is 2.60 bits per heavy atom. The van der Waals surface area contributed by atoms with E-state index in [1.54, 1.807) is 18.2 Å². The van der Waals surface area contributed by atoms with Crippen LogP contribution in [0.5, 0.6) is 0 Å². The van der Waals surface area contributed by atoms with Gasteiger partial charge in [-0.25, -0.2) is 0 Å². The Morgan fingerprint density at radius 2 is 2.10 bits per heavy atom. The second-order valence-corrected chi connectivity index (χ2v) is 6.12.